The molecule has 2 saturated carbocycles. The predicted molar refractivity (Wildman–Crippen MR) is 76.4 cm³/mol. The standard InChI is InChI=1S/C16H30N2/c1-16(2)11-18(10-9-14(16)17)15(12-5-3-6-12)13-7-4-8-13/h12-15H,3-11,17H2,1-2H3. The zero-order valence-electron chi connectivity index (χ0n) is 12.2. The molecule has 2 nitrogen and oxygen atoms in total. The van der Waals surface area contributed by atoms with Crippen LogP contribution in [0.15, 0.2) is 0 Å². The van der Waals surface area contributed by atoms with Gasteiger partial charge < -0.3 is 5.73 Å². The summed E-state index contributed by atoms with van der Waals surface area (Å²) in [4.78, 5) is 2.83. The second-order valence-electron chi connectivity index (χ2n) is 7.73. The van der Waals surface area contributed by atoms with Gasteiger partial charge in [0.25, 0.3) is 0 Å². The minimum Gasteiger partial charge on any atom is -0.327 e. The van der Waals surface area contributed by atoms with E-state index in [1.165, 1.54) is 58.0 Å². The lowest BCUT2D eigenvalue weighted by Crippen LogP contribution is -2.59. The lowest BCUT2D eigenvalue weighted by molar-refractivity contribution is -0.0257. The number of hydrogen-bond donors (Lipinski definition) is 1. The smallest absolute Gasteiger partial charge is 0.0152 e. The maximum atomic E-state index is 6.29. The molecule has 2 N–H and O–H groups in total. The first-order valence-electron chi connectivity index (χ1n) is 8.07. The first-order valence-corrected chi connectivity index (χ1v) is 8.07. The highest BCUT2D eigenvalue weighted by atomic mass is 15.2. The molecular weight excluding hydrogens is 220 g/mol. The predicted octanol–water partition coefficient (Wildman–Crippen LogP) is 3.01. The molecule has 0 amide bonds. The molecule has 0 radical (unpaired) electrons. The molecule has 2 aliphatic carbocycles. The minimum absolute atomic E-state index is 0.310. The summed E-state index contributed by atoms with van der Waals surface area (Å²) >= 11 is 0. The van der Waals surface area contributed by atoms with Crippen LogP contribution in [-0.2, 0) is 0 Å². The Morgan fingerprint density at radius 2 is 1.56 bits per heavy atom. The molecule has 1 atom stereocenters. The molecular formula is C16H30N2. The molecule has 0 spiro atoms. The Hall–Kier alpha value is -0.0800. The summed E-state index contributed by atoms with van der Waals surface area (Å²) < 4.78 is 0. The van der Waals surface area contributed by atoms with Gasteiger partial charge in [0.1, 0.15) is 0 Å². The van der Waals surface area contributed by atoms with E-state index >= 15 is 0 Å². The Kier molecular flexibility index (Phi) is 3.44. The Morgan fingerprint density at radius 3 is 1.94 bits per heavy atom. The Balaban J connectivity index is 1.70. The second kappa shape index (κ2) is 4.79. The summed E-state index contributed by atoms with van der Waals surface area (Å²) in [6, 6.07) is 1.30. The van der Waals surface area contributed by atoms with Crippen LogP contribution >= 0.6 is 0 Å². The van der Waals surface area contributed by atoms with E-state index in [9.17, 15) is 0 Å². The SMILES string of the molecule is CC1(C)CN(C(C2CCC2)C2CCC2)CCC1N. The summed E-state index contributed by atoms with van der Waals surface area (Å²) in [6.45, 7) is 7.21. The molecule has 1 aliphatic heterocycles. The first kappa shape index (κ1) is 12.9. The van der Waals surface area contributed by atoms with E-state index in [0.717, 1.165) is 17.9 Å². The highest BCUT2D eigenvalue weighted by molar-refractivity contribution is 4.98. The Bertz CT molecular complexity index is 277. The van der Waals surface area contributed by atoms with Crippen LogP contribution in [0.3, 0.4) is 0 Å². The van der Waals surface area contributed by atoms with Crippen molar-refractivity contribution in [2.75, 3.05) is 13.1 Å². The monoisotopic (exact) mass is 250 g/mol. The van der Waals surface area contributed by atoms with Crippen molar-refractivity contribution in [2.24, 2.45) is 23.0 Å². The molecule has 18 heavy (non-hydrogen) atoms. The van der Waals surface area contributed by atoms with E-state index in [4.69, 9.17) is 5.73 Å². The van der Waals surface area contributed by atoms with Crippen LogP contribution in [0, 0.1) is 17.3 Å². The molecule has 1 heterocycles. The number of hydrogen-bond acceptors (Lipinski definition) is 2. The highest BCUT2D eigenvalue weighted by Gasteiger charge is 2.43. The van der Waals surface area contributed by atoms with Gasteiger partial charge in [0.2, 0.25) is 0 Å². The van der Waals surface area contributed by atoms with E-state index in [2.05, 4.69) is 18.7 Å². The molecule has 3 aliphatic rings. The number of likely N-dealkylation sites (tertiary alicyclic amines) is 1. The van der Waals surface area contributed by atoms with E-state index in [-0.39, 0.29) is 0 Å². The second-order valence-corrected chi connectivity index (χ2v) is 7.73. The van der Waals surface area contributed by atoms with Crippen molar-refractivity contribution < 1.29 is 0 Å². The average Bonchev–Trinajstić information content (AvgIpc) is 2.16. The van der Waals surface area contributed by atoms with Crippen LogP contribution in [0.1, 0.15) is 58.8 Å². The normalized spacial score (nSPS) is 34.3. The van der Waals surface area contributed by atoms with Crippen molar-refractivity contribution >= 4 is 0 Å². The van der Waals surface area contributed by atoms with E-state index in [1.807, 2.05) is 0 Å². The van der Waals surface area contributed by atoms with Crippen molar-refractivity contribution in [2.45, 2.75) is 70.9 Å². The third-order valence-corrected chi connectivity index (χ3v) is 6.03. The fourth-order valence-electron chi connectivity index (χ4n) is 4.21. The van der Waals surface area contributed by atoms with Crippen LogP contribution < -0.4 is 5.73 Å². The van der Waals surface area contributed by atoms with Gasteiger partial charge in [-0.25, -0.2) is 0 Å². The zero-order chi connectivity index (χ0) is 12.8. The van der Waals surface area contributed by atoms with Crippen LogP contribution in [0.4, 0.5) is 0 Å². The molecule has 3 fully saturated rings. The van der Waals surface area contributed by atoms with Crippen molar-refractivity contribution in [3.05, 3.63) is 0 Å². The van der Waals surface area contributed by atoms with Gasteiger partial charge in [-0.2, -0.15) is 0 Å². The van der Waals surface area contributed by atoms with E-state index in [0.29, 0.717) is 11.5 Å². The van der Waals surface area contributed by atoms with Gasteiger partial charge in [-0.05, 0) is 55.9 Å². The molecule has 2 heteroatoms. The summed E-state index contributed by atoms with van der Waals surface area (Å²) in [6.07, 6.45) is 10.1. The lowest BCUT2D eigenvalue weighted by atomic mass is 9.66. The van der Waals surface area contributed by atoms with Crippen LogP contribution in [-0.4, -0.2) is 30.1 Å². The zero-order valence-corrected chi connectivity index (χ0v) is 12.2. The molecule has 1 unspecified atom stereocenters. The van der Waals surface area contributed by atoms with E-state index in [1.54, 1.807) is 0 Å². The number of rotatable bonds is 3. The van der Waals surface area contributed by atoms with Gasteiger partial charge in [-0.1, -0.05) is 26.7 Å². The van der Waals surface area contributed by atoms with Gasteiger partial charge in [0.15, 0.2) is 0 Å². The van der Waals surface area contributed by atoms with Crippen LogP contribution in [0.25, 0.3) is 0 Å². The largest absolute Gasteiger partial charge is 0.327 e. The Labute approximate surface area is 112 Å². The highest BCUT2D eigenvalue weighted by Crippen LogP contribution is 2.44. The summed E-state index contributed by atoms with van der Waals surface area (Å²) in [5, 5.41) is 0. The fraction of sp³-hybridized carbons (Fsp3) is 1.00. The maximum absolute atomic E-state index is 6.29. The third kappa shape index (κ3) is 2.22. The molecule has 3 rings (SSSR count). The summed E-state index contributed by atoms with van der Waals surface area (Å²) in [5.74, 6) is 2.03. The van der Waals surface area contributed by atoms with Gasteiger partial charge in [-0.15, -0.1) is 0 Å². The van der Waals surface area contributed by atoms with Crippen LogP contribution in [0.2, 0.25) is 0 Å². The van der Waals surface area contributed by atoms with Crippen molar-refractivity contribution in [1.29, 1.82) is 0 Å². The average molecular weight is 250 g/mol. The molecule has 104 valence electrons. The molecule has 0 aromatic heterocycles. The topological polar surface area (TPSA) is 29.3 Å². The lowest BCUT2D eigenvalue weighted by Gasteiger charge is -2.53. The minimum atomic E-state index is 0.310. The molecule has 1 saturated heterocycles. The van der Waals surface area contributed by atoms with Gasteiger partial charge in [0, 0.05) is 18.6 Å². The Morgan fingerprint density at radius 1 is 1.00 bits per heavy atom. The van der Waals surface area contributed by atoms with Gasteiger partial charge in [0.05, 0.1) is 0 Å². The molecule has 0 aromatic carbocycles. The van der Waals surface area contributed by atoms with Crippen LogP contribution in [0.5, 0.6) is 0 Å². The number of piperidine rings is 1. The summed E-state index contributed by atoms with van der Waals surface area (Å²) in [5.41, 5.74) is 6.60. The first-order chi connectivity index (χ1) is 8.58. The summed E-state index contributed by atoms with van der Waals surface area (Å²) in [7, 11) is 0. The van der Waals surface area contributed by atoms with Gasteiger partial charge >= 0.3 is 0 Å². The van der Waals surface area contributed by atoms with Crippen molar-refractivity contribution in [3.8, 4) is 0 Å². The van der Waals surface area contributed by atoms with E-state index < -0.39 is 0 Å². The van der Waals surface area contributed by atoms with Crippen molar-refractivity contribution in [1.82, 2.24) is 4.90 Å². The quantitative estimate of drug-likeness (QED) is 0.834. The number of nitrogens with zero attached hydrogens (tertiary/aromatic N) is 1. The third-order valence-electron chi connectivity index (χ3n) is 6.03. The van der Waals surface area contributed by atoms with Gasteiger partial charge in [-0.3, -0.25) is 4.90 Å². The fourth-order valence-corrected chi connectivity index (χ4v) is 4.21. The molecule has 0 aromatic rings. The number of nitrogens with two attached hydrogens (primary N) is 1. The molecule has 0 bridgehead atoms. The van der Waals surface area contributed by atoms with Crippen molar-refractivity contribution in [3.63, 3.8) is 0 Å². The maximum Gasteiger partial charge on any atom is 0.0152 e.